The second kappa shape index (κ2) is 9.97. The van der Waals surface area contributed by atoms with Crippen LogP contribution in [-0.2, 0) is 4.79 Å². The van der Waals surface area contributed by atoms with E-state index in [9.17, 15) is 4.79 Å². The van der Waals surface area contributed by atoms with Crippen LogP contribution in [-0.4, -0.2) is 37.0 Å². The van der Waals surface area contributed by atoms with Crippen LogP contribution in [0, 0.1) is 0 Å². The van der Waals surface area contributed by atoms with Crippen LogP contribution in [0.15, 0.2) is 0 Å². The summed E-state index contributed by atoms with van der Waals surface area (Å²) in [5, 5.41) is 3.36. The van der Waals surface area contributed by atoms with Crippen molar-refractivity contribution in [2.24, 2.45) is 0 Å². The van der Waals surface area contributed by atoms with Crippen molar-refractivity contribution in [3.8, 4) is 0 Å². The molecule has 0 aromatic heterocycles. The maximum absolute atomic E-state index is 11.5. The standard InChI is InChI=1S/C12H26N2O/c1-4-7-8-13-9-11-14(10-5-2)12(15)6-3/h13H,4-11H2,1-3H3. The van der Waals surface area contributed by atoms with Crippen molar-refractivity contribution in [2.45, 2.75) is 46.5 Å². The van der Waals surface area contributed by atoms with Gasteiger partial charge in [-0.25, -0.2) is 0 Å². The second-order valence-electron chi connectivity index (χ2n) is 3.84. The fraction of sp³-hybridized carbons (Fsp3) is 0.917. The van der Waals surface area contributed by atoms with Crippen molar-refractivity contribution in [3.63, 3.8) is 0 Å². The highest BCUT2D eigenvalue weighted by molar-refractivity contribution is 5.75. The van der Waals surface area contributed by atoms with E-state index in [0.29, 0.717) is 6.42 Å². The van der Waals surface area contributed by atoms with Gasteiger partial charge >= 0.3 is 0 Å². The zero-order valence-corrected chi connectivity index (χ0v) is 10.5. The second-order valence-corrected chi connectivity index (χ2v) is 3.84. The van der Waals surface area contributed by atoms with Gasteiger partial charge < -0.3 is 10.2 Å². The fourth-order valence-corrected chi connectivity index (χ4v) is 1.50. The summed E-state index contributed by atoms with van der Waals surface area (Å²) in [4.78, 5) is 13.5. The first-order valence-corrected chi connectivity index (χ1v) is 6.24. The van der Waals surface area contributed by atoms with E-state index < -0.39 is 0 Å². The Morgan fingerprint density at radius 3 is 2.33 bits per heavy atom. The molecule has 90 valence electrons. The number of carbonyl (C=O) groups excluding carboxylic acids is 1. The van der Waals surface area contributed by atoms with Crippen molar-refractivity contribution in [1.29, 1.82) is 0 Å². The average Bonchev–Trinajstić information content (AvgIpc) is 2.26. The summed E-state index contributed by atoms with van der Waals surface area (Å²) in [6.45, 7) is 9.95. The number of nitrogens with one attached hydrogen (secondary N) is 1. The van der Waals surface area contributed by atoms with Crippen molar-refractivity contribution in [2.75, 3.05) is 26.2 Å². The van der Waals surface area contributed by atoms with E-state index in [4.69, 9.17) is 0 Å². The average molecular weight is 214 g/mol. The zero-order valence-electron chi connectivity index (χ0n) is 10.5. The Morgan fingerprint density at radius 2 is 1.80 bits per heavy atom. The van der Waals surface area contributed by atoms with E-state index in [0.717, 1.165) is 32.6 Å². The first-order valence-electron chi connectivity index (χ1n) is 6.24. The molecule has 0 rings (SSSR count). The molecule has 3 nitrogen and oxygen atoms in total. The summed E-state index contributed by atoms with van der Waals surface area (Å²) in [6.07, 6.45) is 4.10. The highest BCUT2D eigenvalue weighted by Gasteiger charge is 2.08. The summed E-state index contributed by atoms with van der Waals surface area (Å²) in [6, 6.07) is 0. The topological polar surface area (TPSA) is 32.3 Å². The molecule has 1 N–H and O–H groups in total. The van der Waals surface area contributed by atoms with E-state index in [1.165, 1.54) is 12.8 Å². The number of hydrogen-bond donors (Lipinski definition) is 1. The molecule has 1 amide bonds. The third-order valence-electron chi connectivity index (χ3n) is 2.41. The fourth-order valence-electron chi connectivity index (χ4n) is 1.50. The molecule has 15 heavy (non-hydrogen) atoms. The van der Waals surface area contributed by atoms with Gasteiger partial charge in [0, 0.05) is 26.1 Å². The van der Waals surface area contributed by atoms with E-state index >= 15 is 0 Å². The van der Waals surface area contributed by atoms with Gasteiger partial charge in [-0.1, -0.05) is 27.2 Å². The number of rotatable bonds is 9. The number of unbranched alkanes of at least 4 members (excludes halogenated alkanes) is 1. The summed E-state index contributed by atoms with van der Waals surface area (Å²) < 4.78 is 0. The number of nitrogens with zero attached hydrogens (tertiary/aromatic N) is 1. The molecule has 0 radical (unpaired) electrons. The quantitative estimate of drug-likeness (QED) is 0.596. The lowest BCUT2D eigenvalue weighted by Crippen LogP contribution is -2.37. The molecule has 0 aliphatic heterocycles. The monoisotopic (exact) mass is 214 g/mol. The minimum Gasteiger partial charge on any atom is -0.341 e. The number of hydrogen-bond acceptors (Lipinski definition) is 2. The van der Waals surface area contributed by atoms with Crippen LogP contribution in [0.2, 0.25) is 0 Å². The summed E-state index contributed by atoms with van der Waals surface area (Å²) >= 11 is 0. The zero-order chi connectivity index (χ0) is 11.5. The van der Waals surface area contributed by atoms with E-state index in [-0.39, 0.29) is 5.91 Å². The van der Waals surface area contributed by atoms with Gasteiger partial charge in [-0.3, -0.25) is 4.79 Å². The van der Waals surface area contributed by atoms with Crippen molar-refractivity contribution >= 4 is 5.91 Å². The Bertz CT molecular complexity index is 160. The van der Waals surface area contributed by atoms with Crippen LogP contribution in [0.25, 0.3) is 0 Å². The molecule has 0 aliphatic carbocycles. The molecule has 0 saturated heterocycles. The summed E-state index contributed by atoms with van der Waals surface area (Å²) in [7, 11) is 0. The van der Waals surface area contributed by atoms with Crippen LogP contribution >= 0.6 is 0 Å². The molecule has 0 bridgehead atoms. The van der Waals surface area contributed by atoms with Crippen molar-refractivity contribution in [1.82, 2.24) is 10.2 Å². The van der Waals surface area contributed by atoms with Crippen LogP contribution < -0.4 is 5.32 Å². The highest BCUT2D eigenvalue weighted by Crippen LogP contribution is 1.95. The summed E-state index contributed by atoms with van der Waals surface area (Å²) in [5.74, 6) is 0.272. The van der Waals surface area contributed by atoms with Gasteiger partial charge in [0.25, 0.3) is 0 Å². The largest absolute Gasteiger partial charge is 0.341 e. The Morgan fingerprint density at radius 1 is 1.07 bits per heavy atom. The molecule has 0 aliphatic rings. The highest BCUT2D eigenvalue weighted by atomic mass is 16.2. The lowest BCUT2D eigenvalue weighted by atomic mass is 10.3. The Balaban J connectivity index is 3.61. The molecule has 0 fully saturated rings. The Hall–Kier alpha value is -0.570. The van der Waals surface area contributed by atoms with Crippen LogP contribution in [0.1, 0.15) is 46.5 Å². The maximum atomic E-state index is 11.5. The molecule has 0 aromatic carbocycles. The van der Waals surface area contributed by atoms with Gasteiger partial charge in [0.2, 0.25) is 5.91 Å². The Kier molecular flexibility index (Phi) is 9.59. The minimum absolute atomic E-state index is 0.272. The smallest absolute Gasteiger partial charge is 0.222 e. The van der Waals surface area contributed by atoms with Crippen LogP contribution in [0.5, 0.6) is 0 Å². The van der Waals surface area contributed by atoms with Gasteiger partial charge in [-0.15, -0.1) is 0 Å². The molecular formula is C12H26N2O. The Labute approximate surface area is 94.2 Å². The van der Waals surface area contributed by atoms with Crippen molar-refractivity contribution in [3.05, 3.63) is 0 Å². The summed E-state index contributed by atoms with van der Waals surface area (Å²) in [5.41, 5.74) is 0. The predicted molar refractivity (Wildman–Crippen MR) is 64.9 cm³/mol. The predicted octanol–water partition coefficient (Wildman–Crippen LogP) is 2.02. The molecule has 3 heteroatoms. The van der Waals surface area contributed by atoms with Crippen LogP contribution in [0.3, 0.4) is 0 Å². The molecule has 0 saturated carbocycles. The SMILES string of the molecule is CCCCNCCN(CCC)C(=O)CC. The molecule has 0 aromatic rings. The first kappa shape index (κ1) is 14.4. The number of carbonyl (C=O) groups is 1. The third kappa shape index (κ3) is 7.37. The third-order valence-corrected chi connectivity index (χ3v) is 2.41. The normalized spacial score (nSPS) is 10.3. The molecule has 0 spiro atoms. The van der Waals surface area contributed by atoms with Gasteiger partial charge in [0.15, 0.2) is 0 Å². The van der Waals surface area contributed by atoms with Gasteiger partial charge in [0.1, 0.15) is 0 Å². The van der Waals surface area contributed by atoms with Gasteiger partial charge in [-0.2, -0.15) is 0 Å². The lowest BCUT2D eigenvalue weighted by molar-refractivity contribution is -0.130. The molecule has 0 heterocycles. The first-order chi connectivity index (χ1) is 7.26. The van der Waals surface area contributed by atoms with Crippen LogP contribution in [0.4, 0.5) is 0 Å². The number of amides is 1. The minimum atomic E-state index is 0.272. The molecule has 0 unspecified atom stereocenters. The van der Waals surface area contributed by atoms with E-state index in [2.05, 4.69) is 19.2 Å². The molecular weight excluding hydrogens is 188 g/mol. The van der Waals surface area contributed by atoms with Gasteiger partial charge in [0.05, 0.1) is 0 Å². The lowest BCUT2D eigenvalue weighted by Gasteiger charge is -2.21. The van der Waals surface area contributed by atoms with Crippen molar-refractivity contribution < 1.29 is 4.79 Å². The molecule has 0 atom stereocenters. The van der Waals surface area contributed by atoms with Gasteiger partial charge in [-0.05, 0) is 19.4 Å². The van der Waals surface area contributed by atoms with E-state index in [1.54, 1.807) is 0 Å². The maximum Gasteiger partial charge on any atom is 0.222 e. The van der Waals surface area contributed by atoms with E-state index in [1.807, 2.05) is 11.8 Å².